The van der Waals surface area contributed by atoms with Crippen LogP contribution >= 0.6 is 0 Å². The molecule has 1 N–H and O–H groups in total. The van der Waals surface area contributed by atoms with Gasteiger partial charge in [0, 0.05) is 0 Å². The fourth-order valence-corrected chi connectivity index (χ4v) is 2.40. The van der Waals surface area contributed by atoms with Gasteiger partial charge in [-0.2, -0.15) is 0 Å². The molecule has 0 saturated heterocycles. The first-order valence-electron chi connectivity index (χ1n) is 6.54. The van der Waals surface area contributed by atoms with Crippen LogP contribution in [0.4, 0.5) is 5.82 Å². The average Bonchev–Trinajstić information content (AvgIpc) is 2.41. The van der Waals surface area contributed by atoms with Crippen LogP contribution in [0.2, 0.25) is 12.6 Å². The van der Waals surface area contributed by atoms with Crippen molar-refractivity contribution in [1.82, 2.24) is 4.98 Å². The Bertz CT molecular complexity index is 527. The molecule has 2 nitrogen and oxygen atoms in total. The van der Waals surface area contributed by atoms with E-state index in [0.29, 0.717) is 12.5 Å². The smallest absolute Gasteiger partial charge is 0.482 e. The maximum absolute atomic E-state index is 7.64. The summed E-state index contributed by atoms with van der Waals surface area (Å²) in [6.07, 6.45) is 2.27. The molecule has 1 aromatic heterocycles. The molecule has 19 heavy (non-hydrogen) atoms. The van der Waals surface area contributed by atoms with Gasteiger partial charge < -0.3 is 10.7 Å². The number of nitrogens with zero attached hydrogens (tertiary/aromatic N) is 1. The second-order valence-electron chi connectivity index (χ2n) is 4.51. The van der Waals surface area contributed by atoms with E-state index in [-0.39, 0.29) is 18.9 Å². The van der Waals surface area contributed by atoms with Gasteiger partial charge in [0.15, 0.2) is 6.71 Å². The summed E-state index contributed by atoms with van der Waals surface area (Å²) in [6, 6.07) is 14.0. The first-order chi connectivity index (χ1) is 8.76. The van der Waals surface area contributed by atoms with Crippen LogP contribution in [0, 0.1) is 0 Å². The molecule has 0 atom stereocenters. The predicted molar refractivity (Wildman–Crippen MR) is 80.0 cm³/mol. The SMILES string of the molecule is CCB(CC)c1ccccc1-c1cccc([NH-])n1.[Li+]. The monoisotopic (exact) mass is 244 g/mol. The molecule has 0 spiro atoms. The van der Waals surface area contributed by atoms with Crippen molar-refractivity contribution in [3.8, 4) is 11.3 Å². The fourth-order valence-electron chi connectivity index (χ4n) is 2.40. The summed E-state index contributed by atoms with van der Waals surface area (Å²) in [5.74, 6) is 0.326. The van der Waals surface area contributed by atoms with Crippen molar-refractivity contribution in [3.63, 3.8) is 0 Å². The van der Waals surface area contributed by atoms with Crippen LogP contribution in [-0.2, 0) is 0 Å². The maximum atomic E-state index is 7.64. The number of benzene rings is 1. The minimum atomic E-state index is 0. The summed E-state index contributed by atoms with van der Waals surface area (Å²) in [6.45, 7) is 5.01. The summed E-state index contributed by atoms with van der Waals surface area (Å²) in [7, 11) is 0. The van der Waals surface area contributed by atoms with Crippen LogP contribution in [0.25, 0.3) is 17.0 Å². The van der Waals surface area contributed by atoms with Gasteiger partial charge in [0.1, 0.15) is 0 Å². The Balaban J connectivity index is 0.00000180. The second-order valence-corrected chi connectivity index (χ2v) is 4.51. The van der Waals surface area contributed by atoms with Gasteiger partial charge in [-0.25, -0.2) is 0 Å². The van der Waals surface area contributed by atoms with Gasteiger partial charge in [0.25, 0.3) is 0 Å². The van der Waals surface area contributed by atoms with Gasteiger partial charge in [-0.15, -0.1) is 0 Å². The molecule has 1 aromatic carbocycles. The number of hydrogen-bond acceptors (Lipinski definition) is 1. The van der Waals surface area contributed by atoms with Crippen molar-refractivity contribution >= 4 is 18.0 Å². The Morgan fingerprint density at radius 1 is 1.00 bits per heavy atom. The Morgan fingerprint density at radius 2 is 1.68 bits per heavy atom. The third kappa shape index (κ3) is 3.65. The minimum Gasteiger partial charge on any atom is -0.482 e. The molecule has 0 aliphatic heterocycles. The maximum Gasteiger partial charge on any atom is 1.00 e. The number of pyridine rings is 1. The summed E-state index contributed by atoms with van der Waals surface area (Å²) >= 11 is 0. The van der Waals surface area contributed by atoms with E-state index in [1.165, 1.54) is 11.0 Å². The molecule has 0 bridgehead atoms. The van der Waals surface area contributed by atoms with E-state index in [1.54, 1.807) is 6.07 Å². The van der Waals surface area contributed by atoms with Crippen molar-refractivity contribution in [3.05, 3.63) is 48.2 Å². The van der Waals surface area contributed by atoms with Crippen molar-refractivity contribution in [2.75, 3.05) is 0 Å². The van der Waals surface area contributed by atoms with Gasteiger partial charge in [0.05, 0.1) is 0 Å². The van der Waals surface area contributed by atoms with Crippen LogP contribution in [0.1, 0.15) is 13.8 Å². The van der Waals surface area contributed by atoms with Crippen LogP contribution in [0.3, 0.4) is 0 Å². The van der Waals surface area contributed by atoms with E-state index in [2.05, 4.69) is 37.0 Å². The van der Waals surface area contributed by atoms with Crippen molar-refractivity contribution in [2.24, 2.45) is 0 Å². The molecule has 4 heteroatoms. The van der Waals surface area contributed by atoms with Crippen molar-refractivity contribution in [2.45, 2.75) is 26.5 Å². The predicted octanol–water partition coefficient (Wildman–Crippen LogP) is 1.18. The zero-order valence-corrected chi connectivity index (χ0v) is 12.0. The first-order valence-corrected chi connectivity index (χ1v) is 6.54. The Morgan fingerprint density at radius 3 is 2.32 bits per heavy atom. The van der Waals surface area contributed by atoms with Crippen LogP contribution in [0.5, 0.6) is 0 Å². The third-order valence-electron chi connectivity index (χ3n) is 3.41. The van der Waals surface area contributed by atoms with Gasteiger partial charge >= 0.3 is 18.9 Å². The van der Waals surface area contributed by atoms with Crippen LogP contribution < -0.4 is 24.3 Å². The molecule has 0 saturated carbocycles. The minimum absolute atomic E-state index is 0. The van der Waals surface area contributed by atoms with Crippen LogP contribution in [0.15, 0.2) is 42.5 Å². The zero-order chi connectivity index (χ0) is 13.0. The third-order valence-corrected chi connectivity index (χ3v) is 3.41. The van der Waals surface area contributed by atoms with Crippen molar-refractivity contribution < 1.29 is 18.9 Å². The second kappa shape index (κ2) is 7.43. The van der Waals surface area contributed by atoms with E-state index in [0.717, 1.165) is 18.3 Å². The Kier molecular flexibility index (Phi) is 6.21. The van der Waals surface area contributed by atoms with E-state index in [1.807, 2.05) is 18.2 Å². The molecular weight excluding hydrogens is 226 g/mol. The van der Waals surface area contributed by atoms with Gasteiger partial charge in [0.2, 0.25) is 0 Å². The standard InChI is InChI=1S/C15H18BN2.Li/c1-3-16(4-2)13-9-6-5-8-12(13)14-10-7-11-15(17)18-14;/h5-11H,3-4H2,1-2H3,(H-,17,18);/q-1;+1. The molecule has 92 valence electrons. The van der Waals surface area contributed by atoms with Gasteiger partial charge in [-0.3, -0.25) is 0 Å². The molecule has 2 aromatic rings. The zero-order valence-electron chi connectivity index (χ0n) is 12.0. The molecule has 0 fully saturated rings. The molecule has 0 aliphatic carbocycles. The van der Waals surface area contributed by atoms with Gasteiger partial charge in [-0.05, 0) is 11.3 Å². The van der Waals surface area contributed by atoms with E-state index < -0.39 is 0 Å². The van der Waals surface area contributed by atoms with Gasteiger partial charge in [-0.1, -0.05) is 80.2 Å². The summed E-state index contributed by atoms with van der Waals surface area (Å²) in [4.78, 5) is 4.32. The summed E-state index contributed by atoms with van der Waals surface area (Å²) in [5.41, 5.74) is 11.1. The van der Waals surface area contributed by atoms with E-state index >= 15 is 0 Å². The summed E-state index contributed by atoms with van der Waals surface area (Å²) in [5, 5.41) is 0. The quantitative estimate of drug-likeness (QED) is 0.744. The molecule has 1 heterocycles. The number of nitrogens with one attached hydrogen (secondary N) is 1. The topological polar surface area (TPSA) is 36.7 Å². The number of rotatable bonds is 4. The number of hydrogen-bond donors (Lipinski definition) is 0. The molecule has 0 aliphatic rings. The molecule has 0 amide bonds. The Hall–Kier alpha value is -1.17. The normalized spacial score (nSPS) is 9.79. The number of aromatic nitrogens is 1. The molecule has 2 rings (SSSR count). The van der Waals surface area contributed by atoms with Crippen molar-refractivity contribution in [1.29, 1.82) is 0 Å². The van der Waals surface area contributed by atoms with Crippen LogP contribution in [-0.4, -0.2) is 11.7 Å². The average molecular weight is 244 g/mol. The first kappa shape index (κ1) is 15.9. The largest absolute Gasteiger partial charge is 1.00 e. The molecular formula is C15H18BLiN2. The Labute approximate surface area is 128 Å². The molecule has 0 radical (unpaired) electrons. The van der Waals surface area contributed by atoms with E-state index in [4.69, 9.17) is 5.73 Å². The molecule has 0 unspecified atom stereocenters. The van der Waals surface area contributed by atoms with E-state index in [9.17, 15) is 0 Å². The fraction of sp³-hybridized carbons (Fsp3) is 0.267. The summed E-state index contributed by atoms with van der Waals surface area (Å²) < 4.78 is 0.